The minimum absolute atomic E-state index is 0.00195. The lowest BCUT2D eigenvalue weighted by atomic mass is 10.1. The number of anilines is 2. The van der Waals surface area contributed by atoms with E-state index in [-0.39, 0.29) is 5.56 Å². The third kappa shape index (κ3) is 2.77. The number of fused-ring (bicyclic) bond motifs is 3. The number of benzene rings is 3. The number of hydrogen-bond donors (Lipinski definition) is 0. The molecule has 0 atom stereocenters. The zero-order valence-electron chi connectivity index (χ0n) is 14.4. The Labute approximate surface area is 172 Å². The van der Waals surface area contributed by atoms with Crippen LogP contribution in [0.3, 0.4) is 0 Å². The smallest absolute Gasteiger partial charge is 0.349 e. The van der Waals surface area contributed by atoms with Crippen LogP contribution < -0.4 is 10.5 Å². The van der Waals surface area contributed by atoms with Crippen molar-refractivity contribution in [1.29, 1.82) is 0 Å². The molecule has 0 radical (unpaired) electrons. The molecule has 0 unspecified atom stereocenters. The molecule has 136 valence electrons. The van der Waals surface area contributed by atoms with Gasteiger partial charge in [0.15, 0.2) is 0 Å². The van der Waals surface area contributed by atoms with Gasteiger partial charge in [-0.1, -0.05) is 52.0 Å². The summed E-state index contributed by atoms with van der Waals surface area (Å²) in [5.74, 6) is -0.407. The SMILES string of the molecule is O=C(c1cc2cc(Br)ccc2oc1=O)N1c2ccccc2Sc2ccccc21. The number of amides is 1. The molecular weight excluding hydrogens is 438 g/mol. The summed E-state index contributed by atoms with van der Waals surface area (Å²) in [4.78, 5) is 29.6. The summed E-state index contributed by atoms with van der Waals surface area (Å²) in [7, 11) is 0. The highest BCUT2D eigenvalue weighted by Gasteiger charge is 2.30. The summed E-state index contributed by atoms with van der Waals surface area (Å²) in [5, 5.41) is 0.685. The molecule has 28 heavy (non-hydrogen) atoms. The minimum Gasteiger partial charge on any atom is -0.422 e. The molecule has 0 fully saturated rings. The molecule has 3 aromatic carbocycles. The number of halogens is 1. The van der Waals surface area contributed by atoms with E-state index < -0.39 is 11.5 Å². The second-order valence-corrected chi connectivity index (χ2v) is 8.31. The highest BCUT2D eigenvalue weighted by Crippen LogP contribution is 2.48. The highest BCUT2D eigenvalue weighted by molar-refractivity contribution is 9.10. The summed E-state index contributed by atoms with van der Waals surface area (Å²) in [6.45, 7) is 0. The average molecular weight is 450 g/mol. The lowest BCUT2D eigenvalue weighted by Gasteiger charge is -2.30. The van der Waals surface area contributed by atoms with Gasteiger partial charge in [0.05, 0.1) is 11.4 Å². The van der Waals surface area contributed by atoms with E-state index in [4.69, 9.17) is 4.42 Å². The highest BCUT2D eigenvalue weighted by atomic mass is 79.9. The number of carbonyl (C=O) groups is 1. The van der Waals surface area contributed by atoms with Gasteiger partial charge in [-0.2, -0.15) is 0 Å². The van der Waals surface area contributed by atoms with Gasteiger partial charge in [0, 0.05) is 19.6 Å². The van der Waals surface area contributed by atoms with Crippen molar-refractivity contribution in [3.8, 4) is 0 Å². The molecule has 4 nitrogen and oxygen atoms in total. The van der Waals surface area contributed by atoms with Crippen LogP contribution in [0.5, 0.6) is 0 Å². The van der Waals surface area contributed by atoms with Crippen molar-refractivity contribution in [2.24, 2.45) is 0 Å². The van der Waals surface area contributed by atoms with Crippen LogP contribution in [0.25, 0.3) is 11.0 Å². The predicted molar refractivity (Wildman–Crippen MR) is 114 cm³/mol. The fourth-order valence-electron chi connectivity index (χ4n) is 3.29. The standard InChI is InChI=1S/C22H12BrNO3S/c23-14-9-10-18-13(11-14)12-15(22(26)27-18)21(25)24-16-5-1-3-7-19(16)28-20-8-4-2-6-17(20)24/h1-12H. The molecule has 2 heterocycles. The van der Waals surface area contributed by atoms with E-state index in [9.17, 15) is 9.59 Å². The maximum atomic E-state index is 13.5. The van der Waals surface area contributed by atoms with E-state index in [1.54, 1.807) is 34.9 Å². The number of hydrogen-bond acceptors (Lipinski definition) is 4. The Bertz CT molecular complexity index is 1270. The molecule has 0 N–H and O–H groups in total. The van der Waals surface area contributed by atoms with Crippen molar-refractivity contribution in [2.75, 3.05) is 4.90 Å². The lowest BCUT2D eigenvalue weighted by Crippen LogP contribution is -2.32. The van der Waals surface area contributed by atoms with Crippen LogP contribution >= 0.6 is 27.7 Å². The van der Waals surface area contributed by atoms with Gasteiger partial charge in [-0.25, -0.2) is 4.79 Å². The Morgan fingerprint density at radius 2 is 1.54 bits per heavy atom. The van der Waals surface area contributed by atoms with Crippen molar-refractivity contribution in [3.05, 3.63) is 93.3 Å². The fraction of sp³-hybridized carbons (Fsp3) is 0. The largest absolute Gasteiger partial charge is 0.422 e. The summed E-state index contributed by atoms with van der Waals surface area (Å²) in [6.07, 6.45) is 0. The molecule has 5 rings (SSSR count). The zero-order valence-corrected chi connectivity index (χ0v) is 16.8. The molecule has 1 aliphatic rings. The third-order valence-corrected chi connectivity index (χ3v) is 6.18. The van der Waals surface area contributed by atoms with Gasteiger partial charge in [-0.15, -0.1) is 0 Å². The van der Waals surface area contributed by atoms with Crippen LogP contribution in [0, 0.1) is 0 Å². The molecule has 0 saturated carbocycles. The quantitative estimate of drug-likeness (QED) is 0.334. The van der Waals surface area contributed by atoms with E-state index in [2.05, 4.69) is 15.9 Å². The fourth-order valence-corrected chi connectivity index (χ4v) is 4.72. The van der Waals surface area contributed by atoms with Crippen molar-refractivity contribution in [1.82, 2.24) is 0 Å². The molecular formula is C22H12BrNO3S. The van der Waals surface area contributed by atoms with Crippen LogP contribution in [0.4, 0.5) is 11.4 Å². The Morgan fingerprint density at radius 3 is 2.21 bits per heavy atom. The summed E-state index contributed by atoms with van der Waals surface area (Å²) >= 11 is 5.02. The van der Waals surface area contributed by atoms with Gasteiger partial charge >= 0.3 is 5.63 Å². The molecule has 1 aliphatic heterocycles. The molecule has 0 saturated heterocycles. The Kier molecular flexibility index (Phi) is 4.10. The average Bonchev–Trinajstić information content (AvgIpc) is 2.71. The Morgan fingerprint density at radius 1 is 0.893 bits per heavy atom. The molecule has 1 aromatic heterocycles. The van der Waals surface area contributed by atoms with E-state index in [1.165, 1.54) is 0 Å². The molecule has 1 amide bonds. The van der Waals surface area contributed by atoms with Crippen molar-refractivity contribution in [3.63, 3.8) is 0 Å². The number of carbonyl (C=O) groups excluding carboxylic acids is 1. The first kappa shape index (κ1) is 17.3. The molecule has 0 aliphatic carbocycles. The van der Waals surface area contributed by atoms with Gasteiger partial charge in [-0.05, 0) is 48.5 Å². The Hall–Kier alpha value is -2.83. The zero-order chi connectivity index (χ0) is 19.3. The Balaban J connectivity index is 1.72. The van der Waals surface area contributed by atoms with E-state index in [0.717, 1.165) is 25.6 Å². The monoisotopic (exact) mass is 449 g/mol. The maximum absolute atomic E-state index is 13.5. The van der Waals surface area contributed by atoms with Gasteiger partial charge in [-0.3, -0.25) is 9.69 Å². The number of rotatable bonds is 1. The van der Waals surface area contributed by atoms with Gasteiger partial charge in [0.2, 0.25) is 0 Å². The topological polar surface area (TPSA) is 50.5 Å². The number of nitrogens with zero attached hydrogens (tertiary/aromatic N) is 1. The first-order chi connectivity index (χ1) is 13.6. The van der Waals surface area contributed by atoms with Crippen molar-refractivity contribution >= 4 is 55.9 Å². The van der Waals surface area contributed by atoms with Crippen molar-refractivity contribution < 1.29 is 9.21 Å². The first-order valence-electron chi connectivity index (χ1n) is 8.55. The van der Waals surface area contributed by atoms with Crippen LogP contribution in [-0.2, 0) is 0 Å². The second kappa shape index (κ2) is 6.65. The van der Waals surface area contributed by atoms with Crippen LogP contribution in [0.2, 0.25) is 0 Å². The molecule has 0 bridgehead atoms. The number of para-hydroxylation sites is 2. The maximum Gasteiger partial charge on any atom is 0.349 e. The molecule has 4 aromatic rings. The molecule has 0 spiro atoms. The summed E-state index contributed by atoms with van der Waals surface area (Å²) in [6, 6.07) is 22.3. The second-order valence-electron chi connectivity index (χ2n) is 6.31. The summed E-state index contributed by atoms with van der Waals surface area (Å²) < 4.78 is 6.25. The first-order valence-corrected chi connectivity index (χ1v) is 10.2. The summed E-state index contributed by atoms with van der Waals surface area (Å²) in [5.41, 5.74) is 1.31. The van der Waals surface area contributed by atoms with Gasteiger partial charge in [0.25, 0.3) is 5.91 Å². The van der Waals surface area contributed by atoms with E-state index >= 15 is 0 Å². The molecule has 6 heteroatoms. The predicted octanol–water partition coefficient (Wildman–Crippen LogP) is 6.00. The van der Waals surface area contributed by atoms with E-state index in [1.807, 2.05) is 54.6 Å². The lowest BCUT2D eigenvalue weighted by molar-refractivity contribution is 0.0995. The normalized spacial score (nSPS) is 12.5. The minimum atomic E-state index is -0.645. The van der Waals surface area contributed by atoms with E-state index in [0.29, 0.717) is 11.0 Å². The van der Waals surface area contributed by atoms with Crippen LogP contribution in [-0.4, -0.2) is 5.91 Å². The van der Waals surface area contributed by atoms with Gasteiger partial charge in [0.1, 0.15) is 11.1 Å². The third-order valence-electron chi connectivity index (χ3n) is 4.56. The van der Waals surface area contributed by atoms with Crippen molar-refractivity contribution in [2.45, 2.75) is 9.79 Å². The van der Waals surface area contributed by atoms with Crippen LogP contribution in [0.1, 0.15) is 10.4 Å². The van der Waals surface area contributed by atoms with Crippen LogP contribution in [0.15, 0.2) is 96.3 Å². The van der Waals surface area contributed by atoms with Gasteiger partial charge < -0.3 is 4.42 Å².